The molecule has 0 aliphatic heterocycles. The van der Waals surface area contributed by atoms with Gasteiger partial charge in [-0.25, -0.2) is 9.37 Å². The number of pyridine rings is 1. The Morgan fingerprint density at radius 2 is 1.69 bits per heavy atom. The lowest BCUT2D eigenvalue weighted by molar-refractivity contribution is 0.0946. The van der Waals surface area contributed by atoms with E-state index in [9.17, 15) is 9.18 Å². The molecular weight excluding hydrogens is 329 g/mol. The molecule has 3 aromatic rings. The van der Waals surface area contributed by atoms with Crippen molar-refractivity contribution in [1.29, 1.82) is 0 Å². The van der Waals surface area contributed by atoms with Crippen LogP contribution in [0.3, 0.4) is 0 Å². The van der Waals surface area contributed by atoms with Crippen molar-refractivity contribution in [3.8, 4) is 0 Å². The van der Waals surface area contributed by atoms with E-state index in [-0.39, 0.29) is 11.7 Å². The Morgan fingerprint density at radius 3 is 2.31 bits per heavy atom. The van der Waals surface area contributed by atoms with Crippen molar-refractivity contribution in [3.05, 3.63) is 89.0 Å². The number of hydrogen-bond acceptors (Lipinski definition) is 3. The summed E-state index contributed by atoms with van der Waals surface area (Å²) in [4.78, 5) is 16.4. The maximum atomic E-state index is 12.9. The van der Waals surface area contributed by atoms with Crippen LogP contribution < -0.4 is 10.6 Å². The molecule has 0 fully saturated rings. The number of aromatic nitrogens is 1. The second-order valence-corrected chi connectivity index (χ2v) is 6.13. The van der Waals surface area contributed by atoms with Gasteiger partial charge in [0.2, 0.25) is 0 Å². The summed E-state index contributed by atoms with van der Waals surface area (Å²) in [5.74, 6) is -0.568. The summed E-state index contributed by atoms with van der Waals surface area (Å²) in [7, 11) is 0. The average molecular weight is 349 g/mol. The minimum absolute atomic E-state index is 0.270. The lowest BCUT2D eigenvalue weighted by Gasteiger charge is -2.12. The third kappa shape index (κ3) is 4.25. The Hall–Kier alpha value is -3.21. The van der Waals surface area contributed by atoms with E-state index in [2.05, 4.69) is 15.6 Å². The number of hydrogen-bond donors (Lipinski definition) is 2. The van der Waals surface area contributed by atoms with Gasteiger partial charge >= 0.3 is 0 Å². The van der Waals surface area contributed by atoms with Gasteiger partial charge in [-0.1, -0.05) is 30.3 Å². The Bertz CT molecular complexity index is 885. The minimum Gasteiger partial charge on any atom is -0.354 e. The maximum Gasteiger partial charge on any atom is 0.270 e. The standard InChI is InChI=1S/C21H20FN3O/c1-14-4-3-5-15(2)20(14)25-18-10-11-19(23-13-18)21(26)24-12-16-6-8-17(22)9-7-16/h3-11,13,25H,12H2,1-2H3,(H,24,26). The van der Waals surface area contributed by atoms with E-state index in [1.807, 2.05) is 38.1 Å². The Kier molecular flexibility index (Phi) is 5.27. The molecule has 2 aromatic carbocycles. The summed E-state index contributed by atoms with van der Waals surface area (Å²) in [6.07, 6.45) is 1.64. The maximum absolute atomic E-state index is 12.9. The molecule has 0 radical (unpaired) electrons. The van der Waals surface area contributed by atoms with Crippen molar-refractivity contribution in [2.75, 3.05) is 5.32 Å². The highest BCUT2D eigenvalue weighted by Crippen LogP contribution is 2.23. The Balaban J connectivity index is 1.63. The lowest BCUT2D eigenvalue weighted by atomic mass is 10.1. The molecule has 132 valence electrons. The van der Waals surface area contributed by atoms with E-state index in [1.165, 1.54) is 12.1 Å². The zero-order valence-corrected chi connectivity index (χ0v) is 14.7. The smallest absolute Gasteiger partial charge is 0.270 e. The van der Waals surface area contributed by atoms with Gasteiger partial charge in [0.05, 0.1) is 11.9 Å². The van der Waals surface area contributed by atoms with Gasteiger partial charge in [0.15, 0.2) is 0 Å². The number of para-hydroxylation sites is 1. The van der Waals surface area contributed by atoms with Crippen LogP contribution >= 0.6 is 0 Å². The van der Waals surface area contributed by atoms with Crippen LogP contribution in [0.25, 0.3) is 0 Å². The van der Waals surface area contributed by atoms with Crippen LogP contribution in [0.2, 0.25) is 0 Å². The fourth-order valence-electron chi connectivity index (χ4n) is 2.63. The molecule has 1 heterocycles. The topological polar surface area (TPSA) is 54.0 Å². The third-order valence-electron chi connectivity index (χ3n) is 4.11. The minimum atomic E-state index is -0.297. The number of carbonyl (C=O) groups excluding carboxylic acids is 1. The fourth-order valence-corrected chi connectivity index (χ4v) is 2.63. The molecule has 0 saturated heterocycles. The highest BCUT2D eigenvalue weighted by Gasteiger charge is 2.08. The Morgan fingerprint density at radius 1 is 1.00 bits per heavy atom. The van der Waals surface area contributed by atoms with E-state index < -0.39 is 0 Å². The first-order valence-electron chi connectivity index (χ1n) is 8.35. The molecule has 0 saturated carbocycles. The molecule has 0 spiro atoms. The summed E-state index contributed by atoms with van der Waals surface area (Å²) in [5, 5.41) is 6.12. The van der Waals surface area contributed by atoms with Crippen LogP contribution in [-0.4, -0.2) is 10.9 Å². The summed E-state index contributed by atoms with van der Waals surface area (Å²) < 4.78 is 12.9. The van der Waals surface area contributed by atoms with Crippen LogP contribution in [0.5, 0.6) is 0 Å². The van der Waals surface area contributed by atoms with Crippen LogP contribution in [0, 0.1) is 19.7 Å². The van der Waals surface area contributed by atoms with Gasteiger partial charge in [-0.15, -0.1) is 0 Å². The number of amides is 1. The number of anilines is 2. The number of carbonyl (C=O) groups is 1. The molecule has 0 aliphatic carbocycles. The average Bonchev–Trinajstić information content (AvgIpc) is 2.65. The number of rotatable bonds is 5. The number of nitrogens with one attached hydrogen (secondary N) is 2. The van der Waals surface area contributed by atoms with Gasteiger partial charge in [0.1, 0.15) is 11.5 Å². The van der Waals surface area contributed by atoms with E-state index in [4.69, 9.17) is 0 Å². The molecule has 4 nitrogen and oxygen atoms in total. The van der Waals surface area contributed by atoms with Gasteiger partial charge in [-0.05, 0) is 54.8 Å². The normalized spacial score (nSPS) is 10.4. The number of nitrogens with zero attached hydrogens (tertiary/aromatic N) is 1. The fraction of sp³-hybridized carbons (Fsp3) is 0.143. The van der Waals surface area contributed by atoms with Crippen LogP contribution in [0.15, 0.2) is 60.8 Å². The van der Waals surface area contributed by atoms with Crippen molar-refractivity contribution in [2.45, 2.75) is 20.4 Å². The first-order valence-corrected chi connectivity index (χ1v) is 8.35. The predicted octanol–water partition coefficient (Wildman–Crippen LogP) is 4.51. The van der Waals surface area contributed by atoms with Gasteiger partial charge in [-0.2, -0.15) is 0 Å². The van der Waals surface area contributed by atoms with Crippen LogP contribution in [0.4, 0.5) is 15.8 Å². The first kappa shape index (κ1) is 17.6. The Labute approximate surface area is 152 Å². The predicted molar refractivity (Wildman–Crippen MR) is 101 cm³/mol. The zero-order chi connectivity index (χ0) is 18.5. The van der Waals surface area contributed by atoms with Gasteiger partial charge in [0, 0.05) is 12.2 Å². The second kappa shape index (κ2) is 7.78. The van der Waals surface area contributed by atoms with E-state index >= 15 is 0 Å². The SMILES string of the molecule is Cc1cccc(C)c1Nc1ccc(C(=O)NCc2ccc(F)cc2)nc1. The number of halogens is 1. The monoisotopic (exact) mass is 349 g/mol. The molecule has 0 unspecified atom stereocenters. The molecule has 3 rings (SSSR count). The van der Waals surface area contributed by atoms with Crippen molar-refractivity contribution >= 4 is 17.3 Å². The van der Waals surface area contributed by atoms with Gasteiger partial charge in [0.25, 0.3) is 5.91 Å². The molecule has 2 N–H and O–H groups in total. The lowest BCUT2D eigenvalue weighted by Crippen LogP contribution is -2.23. The quantitative estimate of drug-likeness (QED) is 0.712. The van der Waals surface area contributed by atoms with Crippen molar-refractivity contribution in [3.63, 3.8) is 0 Å². The van der Waals surface area contributed by atoms with Crippen LogP contribution in [-0.2, 0) is 6.54 Å². The molecular formula is C21H20FN3O. The molecule has 0 atom stereocenters. The summed E-state index contributed by atoms with van der Waals surface area (Å²) in [5.41, 5.74) is 5.31. The van der Waals surface area contributed by atoms with E-state index in [0.717, 1.165) is 28.1 Å². The van der Waals surface area contributed by atoms with Crippen LogP contribution in [0.1, 0.15) is 27.2 Å². The van der Waals surface area contributed by atoms with Gasteiger partial charge in [-0.3, -0.25) is 4.79 Å². The van der Waals surface area contributed by atoms with Crippen molar-refractivity contribution in [1.82, 2.24) is 10.3 Å². The zero-order valence-electron chi connectivity index (χ0n) is 14.7. The second-order valence-electron chi connectivity index (χ2n) is 6.13. The van der Waals surface area contributed by atoms with Crippen molar-refractivity contribution < 1.29 is 9.18 Å². The van der Waals surface area contributed by atoms with E-state index in [1.54, 1.807) is 24.4 Å². The molecule has 1 aromatic heterocycles. The number of benzene rings is 2. The van der Waals surface area contributed by atoms with Crippen molar-refractivity contribution in [2.24, 2.45) is 0 Å². The third-order valence-corrected chi connectivity index (χ3v) is 4.11. The first-order chi connectivity index (χ1) is 12.5. The largest absolute Gasteiger partial charge is 0.354 e. The highest BCUT2D eigenvalue weighted by atomic mass is 19.1. The molecule has 5 heteroatoms. The summed E-state index contributed by atoms with van der Waals surface area (Å²) in [6, 6.07) is 15.6. The summed E-state index contributed by atoms with van der Waals surface area (Å²) >= 11 is 0. The molecule has 0 bridgehead atoms. The molecule has 1 amide bonds. The molecule has 0 aliphatic rings. The number of aryl methyl sites for hydroxylation is 2. The van der Waals surface area contributed by atoms with E-state index in [0.29, 0.717) is 12.2 Å². The summed E-state index contributed by atoms with van der Waals surface area (Å²) in [6.45, 7) is 4.41. The van der Waals surface area contributed by atoms with Gasteiger partial charge < -0.3 is 10.6 Å². The molecule has 26 heavy (non-hydrogen) atoms. The highest BCUT2D eigenvalue weighted by molar-refractivity contribution is 5.92.